The fraction of sp³-hybridized carbons (Fsp3) is 0.500. The van der Waals surface area contributed by atoms with Crippen LogP contribution in [-0.2, 0) is 11.8 Å². The highest BCUT2D eigenvalue weighted by Crippen LogP contribution is 2.17. The van der Waals surface area contributed by atoms with E-state index >= 15 is 0 Å². The Morgan fingerprint density at radius 1 is 1.53 bits per heavy atom. The van der Waals surface area contributed by atoms with E-state index in [2.05, 4.69) is 0 Å². The number of Topliss-reactive ketones (excluding diaryl/α,β-unsaturated/α-hetero) is 1. The maximum Gasteiger partial charge on any atom is 0.234 e. The number of carbonyl (C=O) groups is 2. The second kappa shape index (κ2) is 4.71. The molecule has 5 heteroatoms. The van der Waals surface area contributed by atoms with E-state index in [1.54, 1.807) is 10.6 Å². The number of aromatic nitrogens is 1. The number of hydrogen-bond acceptors (Lipinski definition) is 3. The Kier molecular flexibility index (Phi) is 3.28. The monoisotopic (exact) mass is 235 g/mol. The van der Waals surface area contributed by atoms with Crippen molar-refractivity contribution in [1.29, 1.82) is 0 Å². The van der Waals surface area contributed by atoms with Crippen LogP contribution in [0.3, 0.4) is 0 Å². The minimum Gasteiger partial charge on any atom is -0.368 e. The zero-order chi connectivity index (χ0) is 12.4. The van der Waals surface area contributed by atoms with E-state index in [1.807, 2.05) is 24.2 Å². The van der Waals surface area contributed by atoms with Crippen LogP contribution in [0.4, 0.5) is 0 Å². The van der Waals surface area contributed by atoms with Gasteiger partial charge >= 0.3 is 0 Å². The van der Waals surface area contributed by atoms with Crippen molar-refractivity contribution in [2.45, 2.75) is 18.9 Å². The van der Waals surface area contributed by atoms with Crippen molar-refractivity contribution >= 4 is 11.7 Å². The number of nitrogens with zero attached hydrogens (tertiary/aromatic N) is 2. The third-order valence-electron chi connectivity index (χ3n) is 3.27. The fourth-order valence-corrected chi connectivity index (χ4v) is 2.35. The van der Waals surface area contributed by atoms with E-state index in [-0.39, 0.29) is 24.3 Å². The Labute approximate surface area is 100 Å². The molecule has 1 fully saturated rings. The van der Waals surface area contributed by atoms with Gasteiger partial charge in [-0.25, -0.2) is 0 Å². The van der Waals surface area contributed by atoms with Gasteiger partial charge < -0.3 is 10.3 Å². The third-order valence-corrected chi connectivity index (χ3v) is 3.27. The Hall–Kier alpha value is -1.62. The van der Waals surface area contributed by atoms with Crippen LogP contribution in [0.15, 0.2) is 18.3 Å². The summed E-state index contributed by atoms with van der Waals surface area (Å²) in [5.74, 6) is -0.298. The summed E-state index contributed by atoms with van der Waals surface area (Å²) < 4.78 is 1.79. The summed E-state index contributed by atoms with van der Waals surface area (Å²) in [5, 5.41) is 0. The van der Waals surface area contributed by atoms with Gasteiger partial charge in [0, 0.05) is 13.2 Å². The number of carbonyl (C=O) groups excluding carboxylic acids is 2. The van der Waals surface area contributed by atoms with Gasteiger partial charge in [-0.15, -0.1) is 0 Å². The van der Waals surface area contributed by atoms with Gasteiger partial charge in [-0.05, 0) is 31.5 Å². The van der Waals surface area contributed by atoms with Gasteiger partial charge in [0.05, 0.1) is 18.3 Å². The first-order valence-electron chi connectivity index (χ1n) is 5.77. The average Bonchev–Trinajstić information content (AvgIpc) is 2.86. The summed E-state index contributed by atoms with van der Waals surface area (Å²) in [4.78, 5) is 25.1. The number of amides is 1. The lowest BCUT2D eigenvalue weighted by atomic mass is 10.2. The van der Waals surface area contributed by atoms with E-state index in [1.165, 1.54) is 0 Å². The van der Waals surface area contributed by atoms with Gasteiger partial charge in [0.15, 0.2) is 5.78 Å². The molecule has 1 unspecified atom stereocenters. The topological polar surface area (TPSA) is 68.3 Å². The minimum absolute atomic E-state index is 0.0330. The lowest BCUT2D eigenvalue weighted by molar-refractivity contribution is -0.122. The van der Waals surface area contributed by atoms with Crippen LogP contribution in [0.25, 0.3) is 0 Å². The molecule has 5 nitrogen and oxygen atoms in total. The van der Waals surface area contributed by atoms with Gasteiger partial charge in [-0.3, -0.25) is 14.5 Å². The maximum atomic E-state index is 12.0. The van der Waals surface area contributed by atoms with E-state index in [9.17, 15) is 9.59 Å². The summed E-state index contributed by atoms with van der Waals surface area (Å²) in [7, 11) is 1.84. The lowest BCUT2D eigenvalue weighted by Crippen LogP contribution is -2.42. The normalized spacial score (nSPS) is 20.6. The van der Waals surface area contributed by atoms with Crippen molar-refractivity contribution < 1.29 is 9.59 Å². The van der Waals surface area contributed by atoms with E-state index in [0.29, 0.717) is 5.69 Å². The van der Waals surface area contributed by atoms with Gasteiger partial charge in [-0.1, -0.05) is 0 Å². The van der Waals surface area contributed by atoms with Crippen LogP contribution < -0.4 is 5.73 Å². The number of hydrogen-bond donors (Lipinski definition) is 1. The van der Waals surface area contributed by atoms with Gasteiger partial charge in [0.25, 0.3) is 0 Å². The molecule has 1 atom stereocenters. The predicted octanol–water partition coefficient (Wildman–Crippen LogP) is 0.158. The molecule has 2 N–H and O–H groups in total. The summed E-state index contributed by atoms with van der Waals surface area (Å²) in [6.07, 6.45) is 3.52. The molecule has 92 valence electrons. The Bertz CT molecular complexity index is 439. The first kappa shape index (κ1) is 11.9. The highest BCUT2D eigenvalue weighted by atomic mass is 16.1. The second-order valence-electron chi connectivity index (χ2n) is 4.46. The Morgan fingerprint density at radius 3 is 2.88 bits per heavy atom. The number of likely N-dealkylation sites (tertiary alicyclic amines) is 1. The van der Waals surface area contributed by atoms with Crippen molar-refractivity contribution in [1.82, 2.24) is 9.47 Å². The van der Waals surface area contributed by atoms with Crippen molar-refractivity contribution in [3.63, 3.8) is 0 Å². The number of rotatable bonds is 4. The third kappa shape index (κ3) is 2.39. The molecule has 2 rings (SSSR count). The molecule has 1 aromatic heterocycles. The SMILES string of the molecule is Cn1cccc1C(=O)CN1CCCC1C(N)=O. The molecule has 0 bridgehead atoms. The molecule has 0 saturated carbocycles. The number of aryl methyl sites for hydroxylation is 1. The summed E-state index contributed by atoms with van der Waals surface area (Å²) in [6.45, 7) is 1.04. The predicted molar refractivity (Wildman–Crippen MR) is 63.5 cm³/mol. The molecule has 1 aliphatic rings. The lowest BCUT2D eigenvalue weighted by Gasteiger charge is -2.20. The summed E-state index contributed by atoms with van der Waals surface area (Å²) >= 11 is 0. The van der Waals surface area contributed by atoms with E-state index in [4.69, 9.17) is 5.73 Å². The number of primary amides is 1. The first-order chi connectivity index (χ1) is 8.09. The van der Waals surface area contributed by atoms with Crippen molar-refractivity contribution in [2.24, 2.45) is 12.8 Å². The molecule has 1 aromatic rings. The van der Waals surface area contributed by atoms with Crippen LogP contribution in [-0.4, -0.2) is 40.3 Å². The van der Waals surface area contributed by atoms with E-state index in [0.717, 1.165) is 19.4 Å². The van der Waals surface area contributed by atoms with Gasteiger partial charge in [-0.2, -0.15) is 0 Å². The quantitative estimate of drug-likeness (QED) is 0.756. The Morgan fingerprint density at radius 2 is 2.29 bits per heavy atom. The van der Waals surface area contributed by atoms with Gasteiger partial charge in [0.1, 0.15) is 0 Å². The summed E-state index contributed by atoms with van der Waals surface area (Å²) in [5.41, 5.74) is 5.98. The zero-order valence-electron chi connectivity index (χ0n) is 9.93. The van der Waals surface area contributed by atoms with Crippen molar-refractivity contribution in [3.05, 3.63) is 24.0 Å². The first-order valence-corrected chi connectivity index (χ1v) is 5.77. The Balaban J connectivity index is 2.04. The minimum atomic E-state index is -0.331. The average molecular weight is 235 g/mol. The van der Waals surface area contributed by atoms with Gasteiger partial charge in [0.2, 0.25) is 5.91 Å². The molecule has 1 aliphatic heterocycles. The molecule has 0 aliphatic carbocycles. The van der Waals surface area contributed by atoms with E-state index < -0.39 is 0 Å². The zero-order valence-corrected chi connectivity index (χ0v) is 9.93. The van der Waals surface area contributed by atoms with Crippen LogP contribution in [0.2, 0.25) is 0 Å². The molecule has 0 spiro atoms. The number of ketones is 1. The molecular formula is C12H17N3O2. The van der Waals surface area contributed by atoms with Crippen LogP contribution in [0, 0.1) is 0 Å². The highest BCUT2D eigenvalue weighted by Gasteiger charge is 2.30. The smallest absolute Gasteiger partial charge is 0.234 e. The number of nitrogens with two attached hydrogens (primary N) is 1. The van der Waals surface area contributed by atoms with Crippen LogP contribution in [0.5, 0.6) is 0 Å². The van der Waals surface area contributed by atoms with Crippen molar-refractivity contribution in [3.8, 4) is 0 Å². The van der Waals surface area contributed by atoms with Crippen molar-refractivity contribution in [2.75, 3.05) is 13.1 Å². The second-order valence-corrected chi connectivity index (χ2v) is 4.46. The molecule has 0 radical (unpaired) electrons. The fourth-order valence-electron chi connectivity index (χ4n) is 2.35. The molecular weight excluding hydrogens is 218 g/mol. The molecule has 1 amide bonds. The molecule has 17 heavy (non-hydrogen) atoms. The standard InChI is InChI=1S/C12H17N3O2/c1-14-6-2-4-9(14)11(16)8-15-7-3-5-10(15)12(13)17/h2,4,6,10H,3,5,7-8H2,1H3,(H2,13,17). The highest BCUT2D eigenvalue weighted by molar-refractivity contribution is 5.96. The van der Waals surface area contributed by atoms with Crippen LogP contribution >= 0.6 is 0 Å². The molecule has 1 saturated heterocycles. The largest absolute Gasteiger partial charge is 0.368 e. The van der Waals surface area contributed by atoms with Crippen LogP contribution in [0.1, 0.15) is 23.3 Å². The maximum absolute atomic E-state index is 12.0. The molecule has 2 heterocycles. The molecule has 0 aromatic carbocycles. The summed E-state index contributed by atoms with van der Waals surface area (Å²) in [6, 6.07) is 3.35.